The first-order chi connectivity index (χ1) is 10.2. The number of nitrogens with one attached hydrogen (secondary N) is 2. The van der Waals surface area contributed by atoms with Gasteiger partial charge in [0.15, 0.2) is 5.13 Å². The summed E-state index contributed by atoms with van der Waals surface area (Å²) in [5.74, 6) is -0.0384. The predicted octanol–water partition coefficient (Wildman–Crippen LogP) is 3.00. The molecule has 4 nitrogen and oxygen atoms in total. The molecule has 0 aliphatic carbocycles. The summed E-state index contributed by atoms with van der Waals surface area (Å²) in [7, 11) is 0. The minimum atomic E-state index is -0.295. The summed E-state index contributed by atoms with van der Waals surface area (Å²) in [4.78, 5) is 16.9. The molecule has 1 aliphatic rings. The molecule has 0 radical (unpaired) electrons. The van der Waals surface area contributed by atoms with Crippen molar-refractivity contribution in [1.29, 1.82) is 0 Å². The van der Waals surface area contributed by atoms with Crippen molar-refractivity contribution in [3.05, 3.63) is 41.1 Å². The zero-order valence-corrected chi connectivity index (χ0v) is 13.6. The molecule has 2 N–H and O–H groups in total. The highest BCUT2D eigenvalue weighted by atomic mass is 32.2. The van der Waals surface area contributed by atoms with Gasteiger partial charge in [0, 0.05) is 6.54 Å². The number of nitrogens with zero attached hydrogens (tertiary/aromatic N) is 1. The van der Waals surface area contributed by atoms with Crippen molar-refractivity contribution in [2.24, 2.45) is 0 Å². The van der Waals surface area contributed by atoms with E-state index >= 15 is 0 Å². The first kappa shape index (κ1) is 14.6. The fourth-order valence-corrected chi connectivity index (χ4v) is 4.16. The lowest BCUT2D eigenvalue weighted by Gasteiger charge is -2.25. The molecule has 1 aromatic heterocycles. The maximum Gasteiger partial charge on any atom is 0.247 e. The molecule has 0 saturated carbocycles. The van der Waals surface area contributed by atoms with Crippen LogP contribution in [0.4, 0.5) is 5.13 Å². The topological polar surface area (TPSA) is 54.0 Å². The van der Waals surface area contributed by atoms with E-state index in [9.17, 15) is 4.79 Å². The van der Waals surface area contributed by atoms with Crippen LogP contribution in [-0.4, -0.2) is 23.7 Å². The summed E-state index contributed by atoms with van der Waals surface area (Å²) in [6.45, 7) is 2.79. The maximum absolute atomic E-state index is 12.5. The molecule has 1 amide bonds. The number of carbonyl (C=O) groups excluding carboxylic acids is 1. The van der Waals surface area contributed by atoms with E-state index in [1.807, 2.05) is 31.4 Å². The number of aryl methyl sites for hydroxylation is 1. The molecule has 21 heavy (non-hydrogen) atoms. The lowest BCUT2D eigenvalue weighted by Crippen LogP contribution is -2.38. The molecule has 1 aromatic carbocycles. The Bertz CT molecular complexity index is 669. The van der Waals surface area contributed by atoms with Gasteiger partial charge < -0.3 is 10.6 Å². The minimum absolute atomic E-state index is 0.0384. The van der Waals surface area contributed by atoms with E-state index in [2.05, 4.69) is 21.7 Å². The largest absolute Gasteiger partial charge is 0.302 e. The molecule has 3 rings (SSSR count). The van der Waals surface area contributed by atoms with Crippen LogP contribution < -0.4 is 10.6 Å². The molecular weight excluding hydrogens is 302 g/mol. The summed E-state index contributed by atoms with van der Waals surface area (Å²) in [5, 5.41) is 6.90. The number of benzene rings is 1. The zero-order chi connectivity index (χ0) is 14.8. The van der Waals surface area contributed by atoms with Crippen molar-refractivity contribution < 1.29 is 4.79 Å². The van der Waals surface area contributed by atoms with Crippen LogP contribution in [0.5, 0.6) is 0 Å². The van der Waals surface area contributed by atoms with E-state index in [4.69, 9.17) is 0 Å². The number of thioether (sulfide) groups is 1. The Balaban J connectivity index is 1.80. The smallest absolute Gasteiger partial charge is 0.247 e. The van der Waals surface area contributed by atoms with Crippen molar-refractivity contribution in [2.45, 2.75) is 23.6 Å². The standard InChI is InChI=1S/C15H17N3OS2/c1-9-14(20-2)21-15(17-9)18-13(19)12-11-6-4-3-5-10(11)7-8-16-12/h3-6,12,16H,7-8H2,1-2H3,(H,17,18,19). The van der Waals surface area contributed by atoms with Gasteiger partial charge in [0.2, 0.25) is 5.91 Å². The van der Waals surface area contributed by atoms with Crippen LogP contribution in [0.2, 0.25) is 0 Å². The van der Waals surface area contributed by atoms with E-state index in [1.54, 1.807) is 11.8 Å². The number of aromatic nitrogens is 1. The Kier molecular flexibility index (Phi) is 4.28. The molecule has 1 unspecified atom stereocenters. The van der Waals surface area contributed by atoms with Crippen LogP contribution in [0.15, 0.2) is 28.5 Å². The van der Waals surface area contributed by atoms with E-state index in [-0.39, 0.29) is 11.9 Å². The first-order valence-corrected chi connectivity index (χ1v) is 8.86. The van der Waals surface area contributed by atoms with E-state index in [1.165, 1.54) is 16.9 Å². The highest BCUT2D eigenvalue weighted by molar-refractivity contribution is 8.00. The average Bonchev–Trinajstić information content (AvgIpc) is 2.86. The molecule has 1 atom stereocenters. The summed E-state index contributed by atoms with van der Waals surface area (Å²) in [6, 6.07) is 7.82. The second kappa shape index (κ2) is 6.17. The number of hydrogen-bond donors (Lipinski definition) is 2. The van der Waals surface area contributed by atoms with Gasteiger partial charge >= 0.3 is 0 Å². The average molecular weight is 319 g/mol. The third kappa shape index (κ3) is 2.97. The monoisotopic (exact) mass is 319 g/mol. The Hall–Kier alpha value is -1.37. The molecule has 0 spiro atoms. The van der Waals surface area contributed by atoms with Gasteiger partial charge in [-0.3, -0.25) is 4.79 Å². The Morgan fingerprint density at radius 3 is 3.05 bits per heavy atom. The van der Waals surface area contributed by atoms with Crippen LogP contribution >= 0.6 is 23.1 Å². The number of carbonyl (C=O) groups is 1. The molecule has 6 heteroatoms. The Labute approximate surface area is 132 Å². The number of anilines is 1. The van der Waals surface area contributed by atoms with Crippen molar-refractivity contribution in [3.63, 3.8) is 0 Å². The van der Waals surface area contributed by atoms with Crippen molar-refractivity contribution in [3.8, 4) is 0 Å². The van der Waals surface area contributed by atoms with Crippen LogP contribution in [0.1, 0.15) is 22.9 Å². The van der Waals surface area contributed by atoms with Gasteiger partial charge in [-0.2, -0.15) is 0 Å². The normalized spacial score (nSPS) is 17.3. The van der Waals surface area contributed by atoms with Gasteiger partial charge in [0.05, 0.1) is 9.90 Å². The molecule has 2 heterocycles. The third-order valence-corrected chi connectivity index (χ3v) is 5.82. The zero-order valence-electron chi connectivity index (χ0n) is 12.0. The van der Waals surface area contributed by atoms with Gasteiger partial charge in [-0.1, -0.05) is 35.6 Å². The summed E-state index contributed by atoms with van der Waals surface area (Å²) in [5.41, 5.74) is 3.29. The van der Waals surface area contributed by atoms with Crippen LogP contribution in [-0.2, 0) is 11.2 Å². The van der Waals surface area contributed by atoms with Crippen molar-refractivity contribution >= 4 is 34.1 Å². The lowest BCUT2D eigenvalue weighted by atomic mass is 9.94. The third-order valence-electron chi connectivity index (χ3n) is 3.54. The molecule has 0 fully saturated rings. The second-order valence-electron chi connectivity index (χ2n) is 4.92. The van der Waals surface area contributed by atoms with Crippen LogP contribution in [0, 0.1) is 6.92 Å². The molecule has 0 bridgehead atoms. The predicted molar refractivity (Wildman–Crippen MR) is 88.2 cm³/mol. The number of fused-ring (bicyclic) bond motifs is 1. The quantitative estimate of drug-likeness (QED) is 0.854. The fourth-order valence-electron chi connectivity index (χ4n) is 2.54. The molecule has 1 aliphatic heterocycles. The number of thiazole rings is 1. The van der Waals surface area contributed by atoms with Gasteiger partial charge in [-0.05, 0) is 30.7 Å². The molecular formula is C15H17N3OS2. The highest BCUT2D eigenvalue weighted by Gasteiger charge is 2.26. The Morgan fingerprint density at radius 2 is 2.29 bits per heavy atom. The highest BCUT2D eigenvalue weighted by Crippen LogP contribution is 2.31. The van der Waals surface area contributed by atoms with E-state index < -0.39 is 0 Å². The first-order valence-electron chi connectivity index (χ1n) is 6.82. The maximum atomic E-state index is 12.5. The minimum Gasteiger partial charge on any atom is -0.302 e. The summed E-state index contributed by atoms with van der Waals surface area (Å²) >= 11 is 3.18. The van der Waals surface area contributed by atoms with Gasteiger partial charge in [0.25, 0.3) is 0 Å². The number of amides is 1. The van der Waals surface area contributed by atoms with E-state index in [0.717, 1.165) is 28.4 Å². The SMILES string of the molecule is CSc1sc(NC(=O)C2NCCc3ccccc32)nc1C. The molecule has 0 saturated heterocycles. The van der Waals surface area contributed by atoms with Crippen LogP contribution in [0.3, 0.4) is 0 Å². The van der Waals surface area contributed by atoms with E-state index in [0.29, 0.717) is 5.13 Å². The summed E-state index contributed by atoms with van der Waals surface area (Å²) in [6.07, 6.45) is 2.98. The number of hydrogen-bond acceptors (Lipinski definition) is 5. The van der Waals surface area contributed by atoms with Crippen molar-refractivity contribution in [1.82, 2.24) is 10.3 Å². The summed E-state index contributed by atoms with van der Waals surface area (Å²) < 4.78 is 1.14. The van der Waals surface area contributed by atoms with Gasteiger partial charge in [0.1, 0.15) is 6.04 Å². The van der Waals surface area contributed by atoms with Gasteiger partial charge in [-0.25, -0.2) is 4.98 Å². The lowest BCUT2D eigenvalue weighted by molar-refractivity contribution is -0.118. The van der Waals surface area contributed by atoms with Gasteiger partial charge in [-0.15, -0.1) is 11.8 Å². The fraction of sp³-hybridized carbons (Fsp3) is 0.333. The van der Waals surface area contributed by atoms with Crippen LogP contribution in [0.25, 0.3) is 0 Å². The second-order valence-corrected chi connectivity index (χ2v) is 7.00. The Morgan fingerprint density at radius 1 is 1.48 bits per heavy atom. The van der Waals surface area contributed by atoms with Crippen molar-refractivity contribution in [2.75, 3.05) is 18.1 Å². The number of rotatable bonds is 3. The molecule has 2 aromatic rings. The molecule has 110 valence electrons.